The highest BCUT2D eigenvalue weighted by molar-refractivity contribution is 7.15. The number of hydrogen-bond donors (Lipinski definition) is 1. The topological polar surface area (TPSA) is 34.2 Å². The predicted octanol–water partition coefficient (Wildman–Crippen LogP) is 3.91. The van der Waals surface area contributed by atoms with E-state index in [9.17, 15) is 8.78 Å². The number of rotatable bonds is 7. The van der Waals surface area contributed by atoms with Crippen molar-refractivity contribution in [3.63, 3.8) is 0 Å². The molecule has 3 nitrogen and oxygen atoms in total. The summed E-state index contributed by atoms with van der Waals surface area (Å²) in [6.07, 6.45) is 2.83. The third-order valence-electron chi connectivity index (χ3n) is 2.61. The Morgan fingerprint density at radius 3 is 2.90 bits per heavy atom. The molecule has 0 bridgehead atoms. The van der Waals surface area contributed by atoms with Crippen LogP contribution in [0.2, 0.25) is 0 Å². The third kappa shape index (κ3) is 3.98. The second-order valence-electron chi connectivity index (χ2n) is 4.18. The summed E-state index contributed by atoms with van der Waals surface area (Å²) in [5.74, 6) is 0.157. The van der Waals surface area contributed by atoms with Crippen LogP contribution in [-0.2, 0) is 6.54 Å². The molecule has 108 valence electrons. The lowest BCUT2D eigenvalue weighted by molar-refractivity contribution is -0.0494. The van der Waals surface area contributed by atoms with Crippen LogP contribution in [0.3, 0.4) is 0 Å². The zero-order valence-corrected chi connectivity index (χ0v) is 11.9. The molecular formula is C14H16F2N2OS. The third-order valence-corrected chi connectivity index (χ3v) is 3.64. The van der Waals surface area contributed by atoms with Crippen LogP contribution in [0.1, 0.15) is 18.2 Å². The summed E-state index contributed by atoms with van der Waals surface area (Å²) in [5.41, 5.74) is 0.597. The van der Waals surface area contributed by atoms with Gasteiger partial charge in [0.05, 0.1) is 5.56 Å². The van der Waals surface area contributed by atoms with Gasteiger partial charge in [0.25, 0.3) is 0 Å². The van der Waals surface area contributed by atoms with E-state index in [1.165, 1.54) is 17.4 Å². The Balaban J connectivity index is 2.15. The van der Waals surface area contributed by atoms with Crippen molar-refractivity contribution in [1.82, 2.24) is 10.3 Å². The molecule has 20 heavy (non-hydrogen) atoms. The first-order valence-corrected chi connectivity index (χ1v) is 7.22. The van der Waals surface area contributed by atoms with E-state index in [1.807, 2.05) is 0 Å². The van der Waals surface area contributed by atoms with E-state index >= 15 is 0 Å². The number of thiazole rings is 1. The van der Waals surface area contributed by atoms with Crippen molar-refractivity contribution >= 4 is 11.3 Å². The van der Waals surface area contributed by atoms with Crippen molar-refractivity contribution in [2.24, 2.45) is 0 Å². The molecule has 0 saturated carbocycles. The molecule has 0 unspecified atom stereocenters. The molecule has 1 aromatic heterocycles. The van der Waals surface area contributed by atoms with Crippen LogP contribution in [0.15, 0.2) is 30.5 Å². The molecule has 2 rings (SSSR count). The molecule has 2 aromatic rings. The molecule has 0 atom stereocenters. The molecule has 0 spiro atoms. The molecular weight excluding hydrogens is 282 g/mol. The average molecular weight is 298 g/mol. The van der Waals surface area contributed by atoms with Crippen LogP contribution in [-0.4, -0.2) is 18.1 Å². The molecule has 1 heterocycles. The van der Waals surface area contributed by atoms with Crippen molar-refractivity contribution in [3.05, 3.63) is 35.3 Å². The second-order valence-corrected chi connectivity index (χ2v) is 5.30. The zero-order valence-electron chi connectivity index (χ0n) is 11.1. The van der Waals surface area contributed by atoms with E-state index in [-0.39, 0.29) is 5.75 Å². The van der Waals surface area contributed by atoms with Gasteiger partial charge in [-0.25, -0.2) is 4.98 Å². The lowest BCUT2D eigenvalue weighted by atomic mass is 10.2. The number of ether oxygens (including phenoxy) is 1. The van der Waals surface area contributed by atoms with Crippen molar-refractivity contribution in [2.75, 3.05) is 6.54 Å². The smallest absolute Gasteiger partial charge is 0.387 e. The minimum atomic E-state index is -2.83. The minimum Gasteiger partial charge on any atom is -0.434 e. The number of nitrogens with zero attached hydrogens (tertiary/aromatic N) is 1. The number of hydrogen-bond acceptors (Lipinski definition) is 4. The first-order chi connectivity index (χ1) is 9.70. The van der Waals surface area contributed by atoms with E-state index in [2.05, 4.69) is 22.0 Å². The fourth-order valence-corrected chi connectivity index (χ4v) is 2.66. The first-order valence-electron chi connectivity index (χ1n) is 6.40. The molecule has 0 fully saturated rings. The van der Waals surface area contributed by atoms with Crippen LogP contribution in [0.4, 0.5) is 8.78 Å². The monoisotopic (exact) mass is 298 g/mol. The number of alkyl halides is 2. The van der Waals surface area contributed by atoms with E-state index in [0.717, 1.165) is 24.4 Å². The minimum absolute atomic E-state index is 0.157. The predicted molar refractivity (Wildman–Crippen MR) is 76.2 cm³/mol. The fraction of sp³-hybridized carbons (Fsp3) is 0.357. The lowest BCUT2D eigenvalue weighted by Crippen LogP contribution is -2.12. The lowest BCUT2D eigenvalue weighted by Gasteiger charge is -2.08. The highest BCUT2D eigenvalue weighted by Gasteiger charge is 2.13. The van der Waals surface area contributed by atoms with Gasteiger partial charge < -0.3 is 10.1 Å². The van der Waals surface area contributed by atoms with Crippen LogP contribution in [0.5, 0.6) is 5.75 Å². The van der Waals surface area contributed by atoms with Crippen molar-refractivity contribution in [2.45, 2.75) is 26.5 Å². The molecule has 1 N–H and O–H groups in total. The average Bonchev–Trinajstić information content (AvgIpc) is 2.88. The number of para-hydroxylation sites is 1. The van der Waals surface area contributed by atoms with Gasteiger partial charge in [-0.3, -0.25) is 0 Å². The summed E-state index contributed by atoms with van der Waals surface area (Å²) < 4.78 is 29.3. The maximum absolute atomic E-state index is 12.4. The molecule has 0 amide bonds. The normalized spacial score (nSPS) is 11.0. The Kier molecular flexibility index (Phi) is 5.43. The van der Waals surface area contributed by atoms with Gasteiger partial charge in [0.1, 0.15) is 10.8 Å². The number of halogens is 2. The van der Waals surface area contributed by atoms with Crippen LogP contribution < -0.4 is 10.1 Å². The molecule has 0 saturated heterocycles. The van der Waals surface area contributed by atoms with Crippen LogP contribution in [0, 0.1) is 0 Å². The summed E-state index contributed by atoms with van der Waals surface area (Å²) in [5, 5.41) is 3.97. The number of nitrogens with one attached hydrogen (secondary N) is 1. The number of benzene rings is 1. The summed E-state index contributed by atoms with van der Waals surface area (Å²) in [4.78, 5) is 5.36. The van der Waals surface area contributed by atoms with E-state index < -0.39 is 6.61 Å². The molecule has 0 aliphatic carbocycles. The molecule has 0 aliphatic rings. The Labute approximate surface area is 120 Å². The standard InChI is InChI=1S/C14H16F2N2OS/c1-2-7-17-8-10-9-18-13(20-10)11-5-3-4-6-12(11)19-14(15)16/h3-6,9,14,17H,2,7-8H2,1H3. The Hall–Kier alpha value is -1.53. The van der Waals surface area contributed by atoms with Gasteiger partial charge >= 0.3 is 6.61 Å². The van der Waals surface area contributed by atoms with Crippen molar-refractivity contribution < 1.29 is 13.5 Å². The van der Waals surface area contributed by atoms with Gasteiger partial charge in [0.2, 0.25) is 0 Å². The maximum atomic E-state index is 12.4. The SMILES string of the molecule is CCCNCc1cnc(-c2ccccc2OC(F)F)s1. The highest BCUT2D eigenvalue weighted by Crippen LogP contribution is 2.33. The van der Waals surface area contributed by atoms with E-state index in [0.29, 0.717) is 10.6 Å². The zero-order chi connectivity index (χ0) is 14.4. The Morgan fingerprint density at radius 1 is 1.35 bits per heavy atom. The van der Waals surface area contributed by atoms with E-state index in [4.69, 9.17) is 0 Å². The fourth-order valence-electron chi connectivity index (χ4n) is 1.74. The summed E-state index contributed by atoms with van der Waals surface area (Å²) in [6, 6.07) is 6.71. The molecule has 1 aromatic carbocycles. The van der Waals surface area contributed by atoms with Gasteiger partial charge in [-0.2, -0.15) is 8.78 Å². The largest absolute Gasteiger partial charge is 0.434 e. The second kappa shape index (κ2) is 7.31. The summed E-state index contributed by atoms with van der Waals surface area (Å²) in [7, 11) is 0. The maximum Gasteiger partial charge on any atom is 0.387 e. The Morgan fingerprint density at radius 2 is 2.15 bits per heavy atom. The van der Waals surface area contributed by atoms with Crippen LogP contribution in [0.25, 0.3) is 10.6 Å². The van der Waals surface area contributed by atoms with Crippen LogP contribution >= 0.6 is 11.3 Å². The van der Waals surface area contributed by atoms with Gasteiger partial charge in [0.15, 0.2) is 0 Å². The molecule has 0 radical (unpaired) electrons. The number of aromatic nitrogens is 1. The van der Waals surface area contributed by atoms with Crippen molar-refractivity contribution in [1.29, 1.82) is 0 Å². The van der Waals surface area contributed by atoms with Gasteiger partial charge in [0, 0.05) is 17.6 Å². The first kappa shape index (κ1) is 14.9. The Bertz CT molecular complexity index is 545. The quantitative estimate of drug-likeness (QED) is 0.787. The highest BCUT2D eigenvalue weighted by atomic mass is 32.1. The summed E-state index contributed by atoms with van der Waals surface area (Å²) >= 11 is 1.48. The molecule has 0 aliphatic heterocycles. The van der Waals surface area contributed by atoms with Crippen molar-refractivity contribution in [3.8, 4) is 16.3 Å². The van der Waals surface area contributed by atoms with Gasteiger partial charge in [-0.1, -0.05) is 19.1 Å². The van der Waals surface area contributed by atoms with Gasteiger partial charge in [-0.15, -0.1) is 11.3 Å². The molecule has 6 heteroatoms. The van der Waals surface area contributed by atoms with Gasteiger partial charge in [-0.05, 0) is 25.1 Å². The summed E-state index contributed by atoms with van der Waals surface area (Å²) in [6.45, 7) is 0.951. The van der Waals surface area contributed by atoms with E-state index in [1.54, 1.807) is 24.4 Å².